The van der Waals surface area contributed by atoms with Crippen molar-refractivity contribution in [2.45, 2.75) is 45.4 Å². The summed E-state index contributed by atoms with van der Waals surface area (Å²) in [6.07, 6.45) is 5.04. The Morgan fingerprint density at radius 2 is 2.21 bits per heavy atom. The second-order valence-electron chi connectivity index (χ2n) is 3.30. The monoisotopic (exact) mass is 201 g/mol. The number of unbranched alkanes of at least 4 members (excludes halogenated alkanes) is 2. The maximum atomic E-state index is 10.1. The Kier molecular flexibility index (Phi) is 7.89. The Morgan fingerprint density at radius 1 is 1.50 bits per heavy atom. The van der Waals surface area contributed by atoms with Crippen LogP contribution in [0.1, 0.15) is 45.4 Å². The van der Waals surface area contributed by atoms with Gasteiger partial charge in [-0.3, -0.25) is 9.59 Å². The predicted molar refractivity (Wildman–Crippen MR) is 54.0 cm³/mol. The average molecular weight is 201 g/mol. The summed E-state index contributed by atoms with van der Waals surface area (Å²) in [5.41, 5.74) is 0. The van der Waals surface area contributed by atoms with Gasteiger partial charge in [0.15, 0.2) is 0 Å². The quantitative estimate of drug-likeness (QED) is 0.678. The van der Waals surface area contributed by atoms with Gasteiger partial charge in [-0.1, -0.05) is 19.8 Å². The third-order valence-corrected chi connectivity index (χ3v) is 1.90. The topological polar surface area (TPSA) is 66.4 Å². The summed E-state index contributed by atoms with van der Waals surface area (Å²) in [5, 5.41) is 10.8. The Bertz CT molecular complexity index is 172. The van der Waals surface area contributed by atoms with Gasteiger partial charge in [0.25, 0.3) is 0 Å². The normalized spacial score (nSPS) is 14.2. The van der Waals surface area contributed by atoms with Gasteiger partial charge >= 0.3 is 5.97 Å². The SMILES string of the molecule is CCCCCC(=O)O.O=C1CCCN1. The van der Waals surface area contributed by atoms with E-state index in [0.717, 1.165) is 38.6 Å². The minimum atomic E-state index is -0.682. The molecule has 0 bridgehead atoms. The number of aliphatic carboxylic acids is 1. The van der Waals surface area contributed by atoms with E-state index in [1.807, 2.05) is 0 Å². The van der Waals surface area contributed by atoms with Gasteiger partial charge in [-0.15, -0.1) is 0 Å². The lowest BCUT2D eigenvalue weighted by atomic mass is 10.2. The first kappa shape index (κ1) is 12.9. The highest BCUT2D eigenvalue weighted by Crippen LogP contribution is 1.97. The fourth-order valence-corrected chi connectivity index (χ4v) is 1.09. The van der Waals surface area contributed by atoms with Gasteiger partial charge < -0.3 is 10.4 Å². The lowest BCUT2D eigenvalue weighted by Crippen LogP contribution is -2.12. The minimum absolute atomic E-state index is 0.204. The van der Waals surface area contributed by atoms with Crippen LogP contribution in [0.2, 0.25) is 0 Å². The van der Waals surface area contributed by atoms with Crippen molar-refractivity contribution in [3.05, 3.63) is 0 Å². The zero-order chi connectivity index (χ0) is 10.8. The number of carbonyl (C=O) groups is 2. The molecule has 1 fully saturated rings. The molecule has 1 aliphatic rings. The zero-order valence-electron chi connectivity index (χ0n) is 8.71. The molecule has 14 heavy (non-hydrogen) atoms. The predicted octanol–water partition coefficient (Wildman–Crippen LogP) is 1.55. The first-order chi connectivity index (χ1) is 6.66. The van der Waals surface area contributed by atoms with Gasteiger partial charge in [-0.05, 0) is 12.8 Å². The van der Waals surface area contributed by atoms with E-state index in [1.165, 1.54) is 0 Å². The molecule has 1 heterocycles. The molecule has 4 heteroatoms. The molecule has 0 radical (unpaired) electrons. The van der Waals surface area contributed by atoms with E-state index in [4.69, 9.17) is 5.11 Å². The van der Waals surface area contributed by atoms with E-state index in [9.17, 15) is 9.59 Å². The number of nitrogens with one attached hydrogen (secondary N) is 1. The second-order valence-corrected chi connectivity index (χ2v) is 3.30. The van der Waals surface area contributed by atoms with Gasteiger partial charge in [-0.2, -0.15) is 0 Å². The molecular formula is C10H19NO3. The molecule has 1 aliphatic heterocycles. The lowest BCUT2D eigenvalue weighted by Gasteiger charge is -1.89. The number of carbonyl (C=O) groups excluding carboxylic acids is 1. The van der Waals surface area contributed by atoms with Gasteiger partial charge in [0, 0.05) is 19.4 Å². The van der Waals surface area contributed by atoms with Crippen LogP contribution in [-0.4, -0.2) is 23.5 Å². The van der Waals surface area contributed by atoms with E-state index in [0.29, 0.717) is 6.42 Å². The van der Waals surface area contributed by atoms with Crippen molar-refractivity contribution in [3.63, 3.8) is 0 Å². The number of rotatable bonds is 4. The van der Waals surface area contributed by atoms with Crippen LogP contribution in [0.4, 0.5) is 0 Å². The van der Waals surface area contributed by atoms with Crippen LogP contribution < -0.4 is 5.32 Å². The zero-order valence-corrected chi connectivity index (χ0v) is 8.71. The van der Waals surface area contributed by atoms with Crippen molar-refractivity contribution in [3.8, 4) is 0 Å². The summed E-state index contributed by atoms with van der Waals surface area (Å²) in [4.78, 5) is 20.0. The molecule has 0 aromatic carbocycles. The Balaban J connectivity index is 0.000000249. The van der Waals surface area contributed by atoms with Crippen LogP contribution in [0.5, 0.6) is 0 Å². The summed E-state index contributed by atoms with van der Waals surface area (Å²) in [6, 6.07) is 0. The fourth-order valence-electron chi connectivity index (χ4n) is 1.09. The van der Waals surface area contributed by atoms with Crippen LogP contribution >= 0.6 is 0 Å². The standard InChI is InChI=1S/C6H12O2.C4H7NO/c1-2-3-4-5-6(7)8;6-4-2-1-3-5-4/h2-5H2,1H3,(H,7,8);1-3H2,(H,5,6). The number of amides is 1. The largest absolute Gasteiger partial charge is 0.481 e. The molecule has 4 nitrogen and oxygen atoms in total. The van der Waals surface area contributed by atoms with E-state index in [-0.39, 0.29) is 5.91 Å². The van der Waals surface area contributed by atoms with E-state index in [1.54, 1.807) is 0 Å². The average Bonchev–Trinajstić information content (AvgIpc) is 2.57. The summed E-state index contributed by atoms with van der Waals surface area (Å²) in [5.74, 6) is -0.478. The Labute approximate surface area is 84.7 Å². The van der Waals surface area contributed by atoms with Crippen molar-refractivity contribution < 1.29 is 14.7 Å². The molecule has 0 atom stereocenters. The highest BCUT2D eigenvalue weighted by molar-refractivity contribution is 5.77. The maximum absolute atomic E-state index is 10.1. The van der Waals surface area contributed by atoms with Crippen molar-refractivity contribution in [2.75, 3.05) is 6.54 Å². The molecule has 0 saturated carbocycles. The van der Waals surface area contributed by atoms with Crippen molar-refractivity contribution >= 4 is 11.9 Å². The van der Waals surface area contributed by atoms with Crippen LogP contribution in [-0.2, 0) is 9.59 Å². The molecule has 1 amide bonds. The van der Waals surface area contributed by atoms with E-state index >= 15 is 0 Å². The Morgan fingerprint density at radius 3 is 2.50 bits per heavy atom. The molecule has 0 unspecified atom stereocenters. The summed E-state index contributed by atoms with van der Waals surface area (Å²) in [6.45, 7) is 2.95. The van der Waals surface area contributed by atoms with Gasteiger partial charge in [-0.25, -0.2) is 0 Å². The van der Waals surface area contributed by atoms with Crippen LogP contribution in [0.3, 0.4) is 0 Å². The third kappa shape index (κ3) is 9.03. The maximum Gasteiger partial charge on any atom is 0.303 e. The van der Waals surface area contributed by atoms with Crippen molar-refractivity contribution in [1.82, 2.24) is 5.32 Å². The smallest absolute Gasteiger partial charge is 0.303 e. The first-order valence-electron chi connectivity index (χ1n) is 5.15. The first-order valence-corrected chi connectivity index (χ1v) is 5.15. The third-order valence-electron chi connectivity index (χ3n) is 1.90. The highest BCUT2D eigenvalue weighted by atomic mass is 16.4. The van der Waals surface area contributed by atoms with Crippen molar-refractivity contribution in [1.29, 1.82) is 0 Å². The van der Waals surface area contributed by atoms with Crippen LogP contribution in [0.15, 0.2) is 0 Å². The molecule has 0 spiro atoms. The molecule has 2 N–H and O–H groups in total. The number of hydrogen-bond acceptors (Lipinski definition) is 2. The van der Waals surface area contributed by atoms with Gasteiger partial charge in [0.1, 0.15) is 0 Å². The number of hydrogen-bond donors (Lipinski definition) is 2. The number of carboxylic acid groups (broad SMARTS) is 1. The summed E-state index contributed by atoms with van der Waals surface area (Å²) >= 11 is 0. The lowest BCUT2D eigenvalue weighted by molar-refractivity contribution is -0.137. The highest BCUT2D eigenvalue weighted by Gasteiger charge is 2.05. The van der Waals surface area contributed by atoms with E-state index < -0.39 is 5.97 Å². The van der Waals surface area contributed by atoms with Gasteiger partial charge in [0.2, 0.25) is 5.91 Å². The molecule has 1 saturated heterocycles. The fraction of sp³-hybridized carbons (Fsp3) is 0.800. The molecule has 0 aromatic rings. The molecule has 0 aliphatic carbocycles. The molecular weight excluding hydrogens is 182 g/mol. The second kappa shape index (κ2) is 8.53. The summed E-state index contributed by atoms with van der Waals surface area (Å²) < 4.78 is 0. The van der Waals surface area contributed by atoms with E-state index in [2.05, 4.69) is 12.2 Å². The van der Waals surface area contributed by atoms with Crippen LogP contribution in [0, 0.1) is 0 Å². The molecule has 1 rings (SSSR count). The minimum Gasteiger partial charge on any atom is -0.481 e. The Hall–Kier alpha value is -1.06. The van der Waals surface area contributed by atoms with Crippen LogP contribution in [0.25, 0.3) is 0 Å². The molecule has 82 valence electrons. The van der Waals surface area contributed by atoms with Gasteiger partial charge in [0.05, 0.1) is 0 Å². The van der Waals surface area contributed by atoms with Crippen molar-refractivity contribution in [2.24, 2.45) is 0 Å². The number of carboxylic acids is 1. The summed E-state index contributed by atoms with van der Waals surface area (Å²) in [7, 11) is 0. The molecule has 0 aromatic heterocycles.